The number of aliphatic carboxylic acids is 1. The molecule has 1 amide bonds. The number of methoxy groups -OCH3 is 1. The van der Waals surface area contributed by atoms with E-state index in [1.54, 1.807) is 7.11 Å². The molecule has 1 aliphatic rings. The van der Waals surface area contributed by atoms with E-state index in [-0.39, 0.29) is 11.9 Å². The van der Waals surface area contributed by atoms with Crippen LogP contribution < -0.4 is 10.1 Å². The molecule has 0 bridgehead atoms. The molecule has 1 saturated heterocycles. The van der Waals surface area contributed by atoms with Crippen molar-refractivity contribution in [3.8, 4) is 17.0 Å². The maximum atomic E-state index is 14.0. The third-order valence-corrected chi connectivity index (χ3v) is 7.92. The third-order valence-electron chi connectivity index (χ3n) is 7.43. The zero-order valence-corrected chi connectivity index (χ0v) is 23.4. The molecule has 2 N–H and O–H groups in total. The van der Waals surface area contributed by atoms with Crippen molar-refractivity contribution < 1.29 is 19.4 Å². The van der Waals surface area contributed by atoms with Crippen molar-refractivity contribution in [3.05, 3.63) is 94.0 Å². The van der Waals surface area contributed by atoms with E-state index in [1.165, 1.54) is 0 Å². The maximum absolute atomic E-state index is 14.0. The third kappa shape index (κ3) is 5.53. The van der Waals surface area contributed by atoms with Gasteiger partial charge in [0, 0.05) is 34.1 Å². The molecule has 5 rings (SSSR count). The molecule has 39 heavy (non-hydrogen) atoms. The summed E-state index contributed by atoms with van der Waals surface area (Å²) in [7, 11) is 1.62. The molecule has 1 aliphatic heterocycles. The summed E-state index contributed by atoms with van der Waals surface area (Å²) in [5, 5.41) is 13.5. The van der Waals surface area contributed by atoms with Crippen molar-refractivity contribution in [3.63, 3.8) is 0 Å². The monoisotopic (exact) mass is 587 g/mol. The number of hydrogen-bond acceptors (Lipinski definition) is 5. The first-order valence-electron chi connectivity index (χ1n) is 12.9. The van der Waals surface area contributed by atoms with E-state index < -0.39 is 11.9 Å². The Hall–Kier alpha value is -3.75. The Balaban J connectivity index is 1.52. The van der Waals surface area contributed by atoms with Crippen LogP contribution in [0, 0.1) is 12.8 Å². The van der Waals surface area contributed by atoms with Gasteiger partial charge in [0.2, 0.25) is 0 Å². The van der Waals surface area contributed by atoms with E-state index in [0.29, 0.717) is 37.4 Å². The van der Waals surface area contributed by atoms with Gasteiger partial charge < -0.3 is 15.2 Å². The Morgan fingerprint density at radius 1 is 1.13 bits per heavy atom. The van der Waals surface area contributed by atoms with Crippen LogP contribution in [0.5, 0.6) is 5.75 Å². The highest BCUT2D eigenvalue weighted by Crippen LogP contribution is 2.34. The number of nitrogens with one attached hydrogen (secondary N) is 1. The molecule has 0 aliphatic carbocycles. The standard InChI is InChI=1S/C31H30BrN3O4/c1-19-28(24-16-22(32)12-13-25(24)34-29(19)20-8-4-3-5-9-20)30(36)33-17-26(23-10-6-7-11-27(23)39-2)35-15-14-21(18-35)31(37)38/h3-13,16,21,26H,14-15,17-18H2,1-2H3,(H,33,36)(H,37,38). The fourth-order valence-electron chi connectivity index (χ4n) is 5.43. The fraction of sp³-hybridized carbons (Fsp3) is 0.258. The van der Waals surface area contributed by atoms with Crippen molar-refractivity contribution >= 4 is 38.7 Å². The smallest absolute Gasteiger partial charge is 0.307 e. The van der Waals surface area contributed by atoms with Crippen molar-refractivity contribution in [2.45, 2.75) is 19.4 Å². The summed E-state index contributed by atoms with van der Waals surface area (Å²) in [6, 6.07) is 23.1. The van der Waals surface area contributed by atoms with E-state index >= 15 is 0 Å². The highest BCUT2D eigenvalue weighted by atomic mass is 79.9. The lowest BCUT2D eigenvalue weighted by Gasteiger charge is -2.29. The number of amides is 1. The number of carbonyl (C=O) groups excluding carboxylic acids is 1. The molecular weight excluding hydrogens is 558 g/mol. The predicted molar refractivity (Wildman–Crippen MR) is 155 cm³/mol. The number of hydrogen-bond donors (Lipinski definition) is 2. The highest BCUT2D eigenvalue weighted by Gasteiger charge is 2.34. The molecule has 4 aromatic rings. The first-order valence-corrected chi connectivity index (χ1v) is 13.7. The van der Waals surface area contributed by atoms with Gasteiger partial charge in [0.1, 0.15) is 5.75 Å². The second kappa shape index (κ2) is 11.6. The number of likely N-dealkylation sites (tertiary alicyclic amines) is 1. The van der Waals surface area contributed by atoms with Gasteiger partial charge in [-0.3, -0.25) is 14.5 Å². The largest absolute Gasteiger partial charge is 0.496 e. The van der Waals surface area contributed by atoms with Gasteiger partial charge >= 0.3 is 5.97 Å². The fourth-order valence-corrected chi connectivity index (χ4v) is 5.79. The Kier molecular flexibility index (Phi) is 7.95. The Bertz CT molecular complexity index is 1530. The van der Waals surface area contributed by atoms with E-state index in [9.17, 15) is 14.7 Å². The van der Waals surface area contributed by atoms with E-state index in [0.717, 1.165) is 37.8 Å². The van der Waals surface area contributed by atoms with Gasteiger partial charge in [0.05, 0.1) is 35.8 Å². The summed E-state index contributed by atoms with van der Waals surface area (Å²) in [4.78, 5) is 32.7. The number of fused-ring (bicyclic) bond motifs is 1. The number of benzene rings is 3. The Labute approximate surface area is 235 Å². The quantitative estimate of drug-likeness (QED) is 0.268. The number of para-hydroxylation sites is 1. The zero-order valence-electron chi connectivity index (χ0n) is 21.9. The van der Waals surface area contributed by atoms with Crippen LogP contribution in [0.3, 0.4) is 0 Å². The van der Waals surface area contributed by atoms with Crippen molar-refractivity contribution in [2.75, 3.05) is 26.7 Å². The summed E-state index contributed by atoms with van der Waals surface area (Å²) in [5.41, 5.74) is 4.72. The molecule has 1 aromatic heterocycles. The second-order valence-electron chi connectivity index (χ2n) is 9.77. The zero-order chi connectivity index (χ0) is 27.5. The van der Waals surface area contributed by atoms with Gasteiger partial charge in [-0.15, -0.1) is 0 Å². The lowest BCUT2D eigenvalue weighted by molar-refractivity contribution is -0.141. The summed E-state index contributed by atoms with van der Waals surface area (Å²) >= 11 is 3.55. The molecule has 1 fully saturated rings. The number of halogens is 1. The molecule has 7 nitrogen and oxygen atoms in total. The number of pyridine rings is 1. The van der Waals surface area contributed by atoms with Crippen LogP contribution in [0.1, 0.15) is 33.9 Å². The SMILES string of the molecule is COc1ccccc1C(CNC(=O)c1c(C)c(-c2ccccc2)nc2ccc(Br)cc12)N1CCC(C(=O)O)C1. The average molecular weight is 589 g/mol. The first kappa shape index (κ1) is 26.8. The molecule has 0 radical (unpaired) electrons. The van der Waals surface area contributed by atoms with Crippen molar-refractivity contribution in [1.82, 2.24) is 15.2 Å². The van der Waals surface area contributed by atoms with Gasteiger partial charge in [-0.25, -0.2) is 4.98 Å². The predicted octanol–water partition coefficient (Wildman–Crippen LogP) is 5.86. The van der Waals surface area contributed by atoms with E-state index in [4.69, 9.17) is 9.72 Å². The van der Waals surface area contributed by atoms with Gasteiger partial charge in [0.15, 0.2) is 0 Å². The number of carboxylic acid groups (broad SMARTS) is 1. The molecule has 2 unspecified atom stereocenters. The van der Waals surface area contributed by atoms with Crippen LogP contribution in [0.4, 0.5) is 0 Å². The number of carboxylic acids is 1. The lowest BCUT2D eigenvalue weighted by atomic mass is 9.97. The van der Waals surface area contributed by atoms with E-state index in [2.05, 4.69) is 26.1 Å². The number of ether oxygens (including phenoxy) is 1. The Morgan fingerprint density at radius 2 is 1.87 bits per heavy atom. The minimum atomic E-state index is -0.793. The minimum Gasteiger partial charge on any atom is -0.496 e. The molecule has 2 atom stereocenters. The van der Waals surface area contributed by atoms with Crippen LogP contribution in [0.15, 0.2) is 77.3 Å². The molecule has 0 spiro atoms. The average Bonchev–Trinajstić information content (AvgIpc) is 3.44. The van der Waals surface area contributed by atoms with Crippen LogP contribution in [0.2, 0.25) is 0 Å². The number of carbonyl (C=O) groups is 2. The van der Waals surface area contributed by atoms with Crippen LogP contribution in [-0.2, 0) is 4.79 Å². The lowest BCUT2D eigenvalue weighted by Crippen LogP contribution is -2.38. The van der Waals surface area contributed by atoms with Crippen LogP contribution >= 0.6 is 15.9 Å². The van der Waals surface area contributed by atoms with Gasteiger partial charge in [-0.2, -0.15) is 0 Å². The van der Waals surface area contributed by atoms with Crippen molar-refractivity contribution in [1.29, 1.82) is 0 Å². The second-order valence-corrected chi connectivity index (χ2v) is 10.7. The summed E-state index contributed by atoms with van der Waals surface area (Å²) in [6.45, 7) is 3.26. The van der Waals surface area contributed by atoms with Gasteiger partial charge in [-0.05, 0) is 49.7 Å². The van der Waals surface area contributed by atoms with Crippen LogP contribution in [0.25, 0.3) is 22.2 Å². The summed E-state index contributed by atoms with van der Waals surface area (Å²) in [6.07, 6.45) is 0.567. The summed E-state index contributed by atoms with van der Waals surface area (Å²) < 4.78 is 6.50. The first-order chi connectivity index (χ1) is 18.9. The molecule has 3 aromatic carbocycles. The summed E-state index contributed by atoms with van der Waals surface area (Å²) in [5.74, 6) is -0.728. The highest BCUT2D eigenvalue weighted by molar-refractivity contribution is 9.10. The number of rotatable bonds is 8. The maximum Gasteiger partial charge on any atom is 0.307 e. The van der Waals surface area contributed by atoms with Gasteiger partial charge in [0.25, 0.3) is 5.91 Å². The molecule has 0 saturated carbocycles. The van der Waals surface area contributed by atoms with Crippen LogP contribution in [-0.4, -0.2) is 53.6 Å². The molecule has 2 heterocycles. The molecule has 8 heteroatoms. The number of aromatic nitrogens is 1. The topological polar surface area (TPSA) is 91.8 Å². The van der Waals surface area contributed by atoms with E-state index in [1.807, 2.05) is 79.7 Å². The van der Waals surface area contributed by atoms with Crippen molar-refractivity contribution in [2.24, 2.45) is 5.92 Å². The molecule has 200 valence electrons. The van der Waals surface area contributed by atoms with Gasteiger partial charge in [-0.1, -0.05) is 64.5 Å². The minimum absolute atomic E-state index is 0.205. The normalized spacial score (nSPS) is 16.2. The molecular formula is C31H30BrN3O4. The Morgan fingerprint density at radius 3 is 2.59 bits per heavy atom. The number of nitrogens with zero attached hydrogens (tertiary/aromatic N) is 2.